The lowest BCUT2D eigenvalue weighted by Crippen LogP contribution is -2.40. The van der Waals surface area contributed by atoms with Gasteiger partial charge in [0, 0.05) is 0 Å². The summed E-state index contributed by atoms with van der Waals surface area (Å²) in [5, 5.41) is 0.300. The van der Waals surface area contributed by atoms with Crippen LogP contribution in [0.1, 0.15) is 16.8 Å². The number of allylic oxidation sites excluding steroid dienone is 2. The van der Waals surface area contributed by atoms with Crippen molar-refractivity contribution in [1.82, 2.24) is 4.48 Å². The SMILES string of the molecule is Cc1ccc(C2=C3C(Cl)=C(Cl)C(Cl)=[N+]3B(F)n3c(Cl)c(Cl)c(Cl)c32)cc1. The molecule has 2 aliphatic rings. The summed E-state index contributed by atoms with van der Waals surface area (Å²) in [6.45, 7) is 1.96. The van der Waals surface area contributed by atoms with Crippen LogP contribution in [0.15, 0.2) is 40.0 Å². The average molecular weight is 470 g/mol. The predicted octanol–water partition coefficient (Wildman–Crippen LogP) is 6.68. The molecule has 2 aliphatic heterocycles. The first kappa shape index (κ1) is 18.7. The summed E-state index contributed by atoms with van der Waals surface area (Å²) >= 11 is 37.6. The molecule has 0 N–H and O–H groups in total. The van der Waals surface area contributed by atoms with Gasteiger partial charge in [-0.2, -0.15) is 0 Å². The van der Waals surface area contributed by atoms with Crippen LogP contribution in [0.4, 0.5) is 4.32 Å². The third-order valence-corrected chi connectivity index (χ3v) is 6.91. The zero-order chi connectivity index (χ0) is 18.9. The van der Waals surface area contributed by atoms with E-state index in [9.17, 15) is 0 Å². The molecule has 0 aliphatic carbocycles. The van der Waals surface area contributed by atoms with Crippen LogP contribution in [0, 0.1) is 6.92 Å². The molecular weight excluding hydrogens is 463 g/mol. The molecule has 0 bridgehead atoms. The average Bonchev–Trinajstić information content (AvgIpc) is 2.98. The molecule has 0 unspecified atom stereocenters. The van der Waals surface area contributed by atoms with Crippen LogP contribution in [0.25, 0.3) is 5.57 Å². The van der Waals surface area contributed by atoms with Crippen molar-refractivity contribution in [2.45, 2.75) is 6.92 Å². The van der Waals surface area contributed by atoms with Crippen LogP contribution in [-0.4, -0.2) is 21.4 Å². The van der Waals surface area contributed by atoms with Gasteiger partial charge in [-0.3, -0.25) is 4.48 Å². The molecular formula is C16H7BCl6FN2+. The quantitative estimate of drug-likeness (QED) is 0.411. The van der Waals surface area contributed by atoms with Gasteiger partial charge in [0.2, 0.25) is 5.70 Å². The molecule has 0 fully saturated rings. The van der Waals surface area contributed by atoms with Crippen molar-refractivity contribution >= 4 is 87.6 Å². The summed E-state index contributed by atoms with van der Waals surface area (Å²) in [6, 6.07) is 7.57. The van der Waals surface area contributed by atoms with E-state index in [0.29, 0.717) is 17.0 Å². The number of rotatable bonds is 1. The van der Waals surface area contributed by atoms with E-state index in [1.165, 1.54) is 8.96 Å². The molecule has 2 nitrogen and oxygen atoms in total. The first-order valence-electron chi connectivity index (χ1n) is 7.33. The highest BCUT2D eigenvalue weighted by atomic mass is 35.5. The lowest BCUT2D eigenvalue weighted by atomic mass is 9.90. The molecule has 0 saturated heterocycles. The molecule has 1 aromatic heterocycles. The largest absolute Gasteiger partial charge is 0.848 e. The van der Waals surface area contributed by atoms with Crippen LogP contribution in [0.3, 0.4) is 0 Å². The highest BCUT2D eigenvalue weighted by Gasteiger charge is 2.56. The summed E-state index contributed by atoms with van der Waals surface area (Å²) in [5.41, 5.74) is 2.97. The van der Waals surface area contributed by atoms with Gasteiger partial charge in [0.05, 0.1) is 21.3 Å². The zero-order valence-corrected chi connectivity index (χ0v) is 17.5. The molecule has 4 rings (SSSR count). The molecule has 1 aromatic carbocycles. The molecule has 132 valence electrons. The summed E-state index contributed by atoms with van der Waals surface area (Å²) in [6.07, 6.45) is 0. The van der Waals surface area contributed by atoms with Gasteiger partial charge in [0.25, 0.3) is 5.17 Å². The van der Waals surface area contributed by atoms with E-state index in [1.54, 1.807) is 0 Å². The van der Waals surface area contributed by atoms with Crippen molar-refractivity contribution in [2.75, 3.05) is 0 Å². The second kappa shape index (κ2) is 6.47. The van der Waals surface area contributed by atoms with Crippen molar-refractivity contribution < 1.29 is 8.80 Å². The van der Waals surface area contributed by atoms with Gasteiger partial charge >= 0.3 is 7.26 Å². The van der Waals surface area contributed by atoms with E-state index in [-0.39, 0.29) is 30.4 Å². The Morgan fingerprint density at radius 3 is 2.15 bits per heavy atom. The minimum absolute atomic E-state index is 0.0357. The van der Waals surface area contributed by atoms with Crippen molar-refractivity contribution in [3.63, 3.8) is 0 Å². The molecule has 2 aromatic rings. The monoisotopic (exact) mass is 467 g/mol. The molecule has 0 amide bonds. The van der Waals surface area contributed by atoms with E-state index in [2.05, 4.69) is 0 Å². The summed E-state index contributed by atoms with van der Waals surface area (Å²) in [7, 11) is -1.80. The molecule has 3 heterocycles. The fourth-order valence-electron chi connectivity index (χ4n) is 3.09. The summed E-state index contributed by atoms with van der Waals surface area (Å²) < 4.78 is 17.7. The Morgan fingerprint density at radius 2 is 1.54 bits per heavy atom. The Hall–Kier alpha value is -0.615. The Morgan fingerprint density at radius 1 is 0.923 bits per heavy atom. The summed E-state index contributed by atoms with van der Waals surface area (Å²) in [4.78, 5) is 0. The number of aromatic nitrogens is 1. The van der Waals surface area contributed by atoms with Crippen LogP contribution in [0.2, 0.25) is 15.2 Å². The van der Waals surface area contributed by atoms with Gasteiger partial charge < -0.3 is 0 Å². The lowest BCUT2D eigenvalue weighted by molar-refractivity contribution is -0.332. The topological polar surface area (TPSA) is 7.94 Å². The number of fused-ring (bicyclic) bond motifs is 2. The van der Waals surface area contributed by atoms with Crippen LogP contribution >= 0.6 is 69.6 Å². The number of halogens is 7. The number of nitrogens with zero attached hydrogens (tertiary/aromatic N) is 2. The van der Waals surface area contributed by atoms with Gasteiger partial charge in [-0.15, -0.1) is 0 Å². The first-order chi connectivity index (χ1) is 12.3. The minimum Gasteiger partial charge on any atom is -0.273 e. The Balaban J connectivity index is 2.18. The number of hydrogen-bond acceptors (Lipinski definition) is 0. The maximum absolute atomic E-state index is 15.3. The Bertz CT molecular complexity index is 1070. The van der Waals surface area contributed by atoms with Crippen molar-refractivity contribution in [3.8, 4) is 0 Å². The van der Waals surface area contributed by atoms with E-state index in [0.717, 1.165) is 11.1 Å². The normalized spacial score (nSPS) is 16.7. The van der Waals surface area contributed by atoms with Gasteiger partial charge in [0.15, 0.2) is 0 Å². The number of hydrogen-bond donors (Lipinski definition) is 0. The fraction of sp³-hybridized carbons (Fsp3) is 0.0625. The second-order valence-corrected chi connectivity index (χ2v) is 8.05. The summed E-state index contributed by atoms with van der Waals surface area (Å²) in [5.74, 6) is 0. The molecule has 0 spiro atoms. The minimum atomic E-state index is -1.80. The molecule has 26 heavy (non-hydrogen) atoms. The van der Waals surface area contributed by atoms with Crippen LogP contribution in [0.5, 0.6) is 0 Å². The molecule has 0 radical (unpaired) electrons. The van der Waals surface area contributed by atoms with Crippen molar-refractivity contribution in [1.29, 1.82) is 0 Å². The zero-order valence-electron chi connectivity index (χ0n) is 12.9. The van der Waals surface area contributed by atoms with Crippen molar-refractivity contribution in [3.05, 3.63) is 72.0 Å². The van der Waals surface area contributed by atoms with Crippen molar-refractivity contribution in [2.24, 2.45) is 0 Å². The molecule has 0 atom stereocenters. The molecule has 10 heteroatoms. The highest BCUT2D eigenvalue weighted by Crippen LogP contribution is 2.49. The maximum atomic E-state index is 15.3. The maximum Gasteiger partial charge on any atom is 0.848 e. The van der Waals surface area contributed by atoms with E-state index < -0.39 is 7.26 Å². The van der Waals surface area contributed by atoms with Crippen LogP contribution in [-0.2, 0) is 0 Å². The van der Waals surface area contributed by atoms with Gasteiger partial charge in [0.1, 0.15) is 15.2 Å². The van der Waals surface area contributed by atoms with E-state index >= 15 is 4.32 Å². The van der Waals surface area contributed by atoms with Gasteiger partial charge in [-0.25, -0.2) is 8.80 Å². The van der Waals surface area contributed by atoms with Gasteiger partial charge in [-0.05, 0) is 24.1 Å². The smallest absolute Gasteiger partial charge is 0.273 e. The second-order valence-electron chi connectivity index (χ2n) is 5.83. The van der Waals surface area contributed by atoms with Gasteiger partial charge in [-0.1, -0.05) is 87.8 Å². The predicted molar refractivity (Wildman–Crippen MR) is 109 cm³/mol. The van der Waals surface area contributed by atoms with E-state index in [1.807, 2.05) is 31.2 Å². The van der Waals surface area contributed by atoms with Crippen LogP contribution < -0.4 is 0 Å². The third-order valence-electron chi connectivity index (χ3n) is 4.31. The number of aryl methyl sites for hydroxylation is 1. The Kier molecular flexibility index (Phi) is 4.66. The fourth-order valence-corrected chi connectivity index (χ4v) is 4.62. The molecule has 0 saturated carbocycles. The first-order valence-corrected chi connectivity index (χ1v) is 9.60. The third kappa shape index (κ3) is 2.43. The van der Waals surface area contributed by atoms with E-state index in [4.69, 9.17) is 69.6 Å². The lowest BCUT2D eigenvalue weighted by Gasteiger charge is -2.20. The number of benzene rings is 1. The highest BCUT2D eigenvalue weighted by molar-refractivity contribution is 6.77. The standard InChI is InChI=1S/C16H7BCl6FN2/c1-6-2-4-7(5-3-6)8-13-9(18)11(20)15(22)25(13)17(24)26-14(8)10(19)12(21)16(26)23/h2-5H,1H3/q+1. The Labute approximate surface area is 179 Å².